The Morgan fingerprint density at radius 3 is 2.57 bits per heavy atom. The molecule has 0 bridgehead atoms. The molecule has 0 aliphatic heterocycles. The van der Waals surface area contributed by atoms with Crippen LogP contribution < -0.4 is 19.0 Å². The van der Waals surface area contributed by atoms with Crippen molar-refractivity contribution >= 4 is 21.2 Å². The standard InChI is InChI=1S/C19H21NO7S/c1-20-11-10-17(16-7-4-12-25-16)26-15-6-3-5-14-13(15)8-9-18(24-2)19(14)27-28(21,22)23/h3-9,12,17,20H,10-11H2,1-2H3,(H,21,22,23). The summed E-state index contributed by atoms with van der Waals surface area (Å²) in [7, 11) is -1.50. The van der Waals surface area contributed by atoms with Crippen LogP contribution in [-0.4, -0.2) is 33.7 Å². The molecular formula is C19H21NO7S. The minimum absolute atomic E-state index is 0.113. The van der Waals surface area contributed by atoms with Crippen LogP contribution in [0, 0.1) is 0 Å². The third-order valence-electron chi connectivity index (χ3n) is 4.13. The molecule has 0 fully saturated rings. The summed E-state index contributed by atoms with van der Waals surface area (Å²) in [6.45, 7) is 0.709. The van der Waals surface area contributed by atoms with Gasteiger partial charge < -0.3 is 23.4 Å². The number of hydrogen-bond donors (Lipinski definition) is 2. The molecule has 150 valence electrons. The average molecular weight is 407 g/mol. The highest BCUT2D eigenvalue weighted by atomic mass is 32.3. The van der Waals surface area contributed by atoms with E-state index in [-0.39, 0.29) is 17.6 Å². The predicted molar refractivity (Wildman–Crippen MR) is 103 cm³/mol. The Hall–Kier alpha value is -2.75. The molecule has 0 amide bonds. The van der Waals surface area contributed by atoms with E-state index in [9.17, 15) is 8.42 Å². The Labute approximate surface area is 163 Å². The lowest BCUT2D eigenvalue weighted by atomic mass is 10.1. The van der Waals surface area contributed by atoms with Gasteiger partial charge in [0.25, 0.3) is 0 Å². The Kier molecular flexibility index (Phi) is 6.08. The maximum absolute atomic E-state index is 11.3. The molecule has 0 aliphatic carbocycles. The smallest absolute Gasteiger partial charge is 0.446 e. The van der Waals surface area contributed by atoms with Gasteiger partial charge in [-0.05, 0) is 43.9 Å². The molecular weight excluding hydrogens is 386 g/mol. The van der Waals surface area contributed by atoms with Crippen molar-refractivity contribution < 1.29 is 31.0 Å². The first kappa shape index (κ1) is 20.0. The highest BCUT2D eigenvalue weighted by Gasteiger charge is 2.21. The Balaban J connectivity index is 2.05. The molecule has 1 aromatic heterocycles. The quantitative estimate of drug-likeness (QED) is 0.520. The molecule has 2 N–H and O–H groups in total. The minimum Gasteiger partial charge on any atom is -0.493 e. The van der Waals surface area contributed by atoms with Crippen molar-refractivity contribution in [1.29, 1.82) is 0 Å². The van der Waals surface area contributed by atoms with E-state index in [4.69, 9.17) is 22.6 Å². The zero-order chi connectivity index (χ0) is 20.1. The molecule has 0 aliphatic rings. The van der Waals surface area contributed by atoms with E-state index in [1.807, 2.05) is 13.1 Å². The van der Waals surface area contributed by atoms with Gasteiger partial charge in [0.2, 0.25) is 0 Å². The van der Waals surface area contributed by atoms with Gasteiger partial charge in [-0.1, -0.05) is 12.1 Å². The number of benzene rings is 2. The van der Waals surface area contributed by atoms with Crippen molar-refractivity contribution in [3.05, 3.63) is 54.5 Å². The third-order valence-corrected chi connectivity index (χ3v) is 4.51. The molecule has 0 spiro atoms. The van der Waals surface area contributed by atoms with Crippen molar-refractivity contribution in [2.75, 3.05) is 20.7 Å². The topological polar surface area (TPSA) is 107 Å². The second-order valence-electron chi connectivity index (χ2n) is 5.97. The Morgan fingerprint density at radius 2 is 1.93 bits per heavy atom. The predicted octanol–water partition coefficient (Wildman–Crippen LogP) is 3.35. The van der Waals surface area contributed by atoms with E-state index < -0.39 is 10.4 Å². The summed E-state index contributed by atoms with van der Waals surface area (Å²) >= 11 is 0. The number of ether oxygens (including phenoxy) is 2. The molecule has 1 unspecified atom stereocenters. The lowest BCUT2D eigenvalue weighted by Gasteiger charge is -2.19. The van der Waals surface area contributed by atoms with E-state index in [1.54, 1.807) is 42.7 Å². The van der Waals surface area contributed by atoms with Crippen LogP contribution in [0.3, 0.4) is 0 Å². The molecule has 9 heteroatoms. The number of furan rings is 1. The van der Waals surface area contributed by atoms with Gasteiger partial charge in [0.15, 0.2) is 17.6 Å². The monoisotopic (exact) mass is 407 g/mol. The molecule has 8 nitrogen and oxygen atoms in total. The minimum atomic E-state index is -4.73. The first-order chi connectivity index (χ1) is 13.4. The van der Waals surface area contributed by atoms with E-state index >= 15 is 0 Å². The second-order valence-corrected chi connectivity index (χ2v) is 7.00. The SMILES string of the molecule is CNCCC(Oc1cccc2c(OS(=O)(=O)O)c(OC)ccc12)c1ccco1. The van der Waals surface area contributed by atoms with Crippen molar-refractivity contribution in [3.8, 4) is 17.2 Å². The van der Waals surface area contributed by atoms with Crippen LogP contribution in [0.25, 0.3) is 10.8 Å². The fourth-order valence-corrected chi connectivity index (χ4v) is 3.28. The summed E-state index contributed by atoms with van der Waals surface area (Å²) in [5.41, 5.74) is 0. The zero-order valence-electron chi connectivity index (χ0n) is 15.4. The lowest BCUT2D eigenvalue weighted by molar-refractivity contribution is 0.168. The van der Waals surface area contributed by atoms with Crippen LogP contribution in [0.15, 0.2) is 53.1 Å². The largest absolute Gasteiger partial charge is 0.493 e. The van der Waals surface area contributed by atoms with Gasteiger partial charge >= 0.3 is 10.4 Å². The molecule has 3 rings (SSSR count). The van der Waals surface area contributed by atoms with Gasteiger partial charge in [-0.15, -0.1) is 0 Å². The molecule has 28 heavy (non-hydrogen) atoms. The Bertz CT molecular complexity index is 1030. The maximum Gasteiger partial charge on any atom is 0.446 e. The number of methoxy groups -OCH3 is 1. The van der Waals surface area contributed by atoms with Gasteiger partial charge in [0, 0.05) is 17.2 Å². The summed E-state index contributed by atoms with van der Waals surface area (Å²) in [5.74, 6) is 1.24. The molecule has 0 saturated carbocycles. The summed E-state index contributed by atoms with van der Waals surface area (Å²) < 4.78 is 53.3. The van der Waals surface area contributed by atoms with E-state index in [1.165, 1.54) is 7.11 Å². The van der Waals surface area contributed by atoms with Crippen molar-refractivity contribution in [2.24, 2.45) is 0 Å². The van der Waals surface area contributed by atoms with Crippen LogP contribution in [0.2, 0.25) is 0 Å². The van der Waals surface area contributed by atoms with Crippen LogP contribution in [0.5, 0.6) is 17.2 Å². The van der Waals surface area contributed by atoms with Gasteiger partial charge in [-0.25, -0.2) is 0 Å². The van der Waals surface area contributed by atoms with Gasteiger partial charge in [-0.3, -0.25) is 4.55 Å². The highest BCUT2D eigenvalue weighted by Crippen LogP contribution is 2.41. The summed E-state index contributed by atoms with van der Waals surface area (Å²) in [6, 6.07) is 12.0. The van der Waals surface area contributed by atoms with E-state index in [2.05, 4.69) is 5.32 Å². The number of rotatable bonds is 9. The van der Waals surface area contributed by atoms with E-state index in [0.29, 0.717) is 35.2 Å². The van der Waals surface area contributed by atoms with Crippen molar-refractivity contribution in [1.82, 2.24) is 5.32 Å². The van der Waals surface area contributed by atoms with Crippen LogP contribution >= 0.6 is 0 Å². The summed E-state index contributed by atoms with van der Waals surface area (Å²) in [5, 5.41) is 4.10. The number of hydrogen-bond acceptors (Lipinski definition) is 7. The normalized spacial score (nSPS) is 12.7. The second kappa shape index (κ2) is 8.51. The van der Waals surface area contributed by atoms with Gasteiger partial charge in [-0.2, -0.15) is 8.42 Å². The molecule has 0 saturated heterocycles. The van der Waals surface area contributed by atoms with Crippen LogP contribution in [-0.2, 0) is 10.4 Å². The molecule has 3 aromatic rings. The first-order valence-corrected chi connectivity index (χ1v) is 9.90. The molecule has 0 radical (unpaired) electrons. The van der Waals surface area contributed by atoms with Crippen LogP contribution in [0.4, 0.5) is 0 Å². The molecule has 1 atom stereocenters. The average Bonchev–Trinajstić information content (AvgIpc) is 3.19. The first-order valence-electron chi connectivity index (χ1n) is 8.54. The fraction of sp³-hybridized carbons (Fsp3) is 0.263. The Morgan fingerprint density at radius 1 is 1.11 bits per heavy atom. The van der Waals surface area contributed by atoms with Gasteiger partial charge in [0.05, 0.1) is 13.4 Å². The maximum atomic E-state index is 11.3. The zero-order valence-corrected chi connectivity index (χ0v) is 16.2. The molecule has 1 heterocycles. The summed E-state index contributed by atoms with van der Waals surface area (Å²) in [4.78, 5) is 0. The highest BCUT2D eigenvalue weighted by molar-refractivity contribution is 7.81. The van der Waals surface area contributed by atoms with Crippen molar-refractivity contribution in [3.63, 3.8) is 0 Å². The number of fused-ring (bicyclic) bond motifs is 1. The van der Waals surface area contributed by atoms with Gasteiger partial charge in [0.1, 0.15) is 11.5 Å². The van der Waals surface area contributed by atoms with Crippen molar-refractivity contribution in [2.45, 2.75) is 12.5 Å². The lowest BCUT2D eigenvalue weighted by Crippen LogP contribution is -2.16. The fourth-order valence-electron chi connectivity index (χ4n) is 2.90. The molecule has 2 aromatic carbocycles. The summed E-state index contributed by atoms with van der Waals surface area (Å²) in [6.07, 6.45) is 1.89. The van der Waals surface area contributed by atoms with Crippen LogP contribution in [0.1, 0.15) is 18.3 Å². The number of nitrogens with one attached hydrogen (secondary N) is 1. The van der Waals surface area contributed by atoms with E-state index in [0.717, 1.165) is 0 Å². The third kappa shape index (κ3) is 4.56.